The number of hydrogen-bond donors (Lipinski definition) is 0. The summed E-state index contributed by atoms with van der Waals surface area (Å²) in [5.41, 5.74) is 3.52. The van der Waals surface area contributed by atoms with E-state index in [0.717, 1.165) is 40.9 Å². The molecule has 1 saturated heterocycles. The molecule has 0 aliphatic carbocycles. The van der Waals surface area contributed by atoms with E-state index in [0.29, 0.717) is 22.1 Å². The summed E-state index contributed by atoms with van der Waals surface area (Å²) in [5.74, 6) is 0.540. The Bertz CT molecular complexity index is 1240. The number of thioether (sulfide) groups is 1. The lowest BCUT2D eigenvalue weighted by molar-refractivity contribution is -0.384. The van der Waals surface area contributed by atoms with Gasteiger partial charge in [0.15, 0.2) is 0 Å². The van der Waals surface area contributed by atoms with Crippen molar-refractivity contribution in [2.45, 2.75) is 52.1 Å². The smallest absolute Gasteiger partial charge is 0.293 e. The van der Waals surface area contributed by atoms with E-state index in [1.54, 1.807) is 25.3 Å². The largest absolute Gasteiger partial charge is 0.496 e. The van der Waals surface area contributed by atoms with Crippen molar-refractivity contribution in [2.75, 3.05) is 18.6 Å². The number of ether oxygens (including phenoxy) is 1. The van der Waals surface area contributed by atoms with Gasteiger partial charge in [-0.1, -0.05) is 19.1 Å². The Morgan fingerprint density at radius 2 is 2.00 bits per heavy atom. The van der Waals surface area contributed by atoms with Gasteiger partial charge in [-0.05, 0) is 68.1 Å². The van der Waals surface area contributed by atoms with Crippen molar-refractivity contribution >= 4 is 40.4 Å². The molecule has 0 saturated carbocycles. The molecule has 2 aliphatic rings. The number of rotatable bonds is 6. The van der Waals surface area contributed by atoms with Crippen LogP contribution in [-0.2, 0) is 11.3 Å². The summed E-state index contributed by atoms with van der Waals surface area (Å²) in [6.45, 7) is 9.67. The Kier molecular flexibility index (Phi) is 6.64. The summed E-state index contributed by atoms with van der Waals surface area (Å²) >= 11 is 0.867. The van der Waals surface area contributed by atoms with Crippen LogP contribution < -0.4 is 9.64 Å². The Morgan fingerprint density at radius 3 is 2.66 bits per heavy atom. The van der Waals surface area contributed by atoms with Crippen LogP contribution in [0.2, 0.25) is 0 Å². The van der Waals surface area contributed by atoms with Gasteiger partial charge in [-0.25, -0.2) is 0 Å². The summed E-state index contributed by atoms with van der Waals surface area (Å²) in [5, 5.41) is 10.7. The first-order valence-corrected chi connectivity index (χ1v) is 12.4. The van der Waals surface area contributed by atoms with Crippen molar-refractivity contribution in [1.29, 1.82) is 0 Å². The molecule has 2 amide bonds. The zero-order valence-corrected chi connectivity index (χ0v) is 21.3. The van der Waals surface area contributed by atoms with E-state index in [1.807, 2.05) is 6.07 Å². The Balaban J connectivity index is 1.67. The molecule has 1 atom stereocenters. The molecule has 8 nitrogen and oxygen atoms in total. The number of nitrogens with zero attached hydrogens (tertiary/aromatic N) is 3. The van der Waals surface area contributed by atoms with E-state index in [1.165, 1.54) is 17.7 Å². The molecule has 4 rings (SSSR count). The van der Waals surface area contributed by atoms with Gasteiger partial charge in [0.2, 0.25) is 0 Å². The number of amides is 2. The topological polar surface area (TPSA) is 93.0 Å². The predicted molar refractivity (Wildman–Crippen MR) is 138 cm³/mol. The second-order valence-electron chi connectivity index (χ2n) is 9.51. The second kappa shape index (κ2) is 9.37. The number of methoxy groups -OCH3 is 1. The number of nitro benzene ring substituents is 1. The standard InChI is InChI=1S/C26H29N3O5S/c1-6-28-21-13-22(34-5)18(11-20(21)16(2)14-26(28,3)4)12-23-24(30)27(25(31)35-23)15-17-8-7-9-19(10-17)29(32)33/h7-13,16H,6,14-15H2,1-5H3/b23-12+. The number of carbonyl (C=O) groups is 2. The Labute approximate surface area is 209 Å². The highest BCUT2D eigenvalue weighted by atomic mass is 32.2. The summed E-state index contributed by atoms with van der Waals surface area (Å²) < 4.78 is 5.68. The van der Waals surface area contributed by atoms with E-state index in [4.69, 9.17) is 4.74 Å². The Hall–Kier alpha value is -3.33. The summed E-state index contributed by atoms with van der Waals surface area (Å²) in [6.07, 6.45) is 2.71. The van der Waals surface area contributed by atoms with Crippen molar-refractivity contribution in [3.05, 3.63) is 68.1 Å². The number of carbonyl (C=O) groups excluding carboxylic acids is 2. The van der Waals surface area contributed by atoms with Crippen LogP contribution in [0.1, 0.15) is 56.7 Å². The molecule has 184 valence electrons. The van der Waals surface area contributed by atoms with E-state index < -0.39 is 16.1 Å². The molecule has 2 aromatic rings. The van der Waals surface area contributed by atoms with Crippen molar-refractivity contribution in [2.24, 2.45) is 0 Å². The molecular formula is C26H29N3O5S. The number of imide groups is 1. The molecule has 35 heavy (non-hydrogen) atoms. The molecule has 0 radical (unpaired) electrons. The van der Waals surface area contributed by atoms with Crippen LogP contribution in [-0.4, -0.2) is 40.2 Å². The van der Waals surface area contributed by atoms with Crippen LogP contribution in [0.15, 0.2) is 41.3 Å². The van der Waals surface area contributed by atoms with Gasteiger partial charge in [0, 0.05) is 41.5 Å². The van der Waals surface area contributed by atoms with Crippen LogP contribution in [0.5, 0.6) is 5.75 Å². The zero-order valence-electron chi connectivity index (χ0n) is 20.5. The number of hydrogen-bond acceptors (Lipinski definition) is 7. The first-order valence-electron chi connectivity index (χ1n) is 11.5. The molecule has 2 aromatic carbocycles. The van der Waals surface area contributed by atoms with Gasteiger partial charge in [0.1, 0.15) is 5.75 Å². The SMILES string of the molecule is CCN1c2cc(OC)c(/C=C3/SC(=O)N(Cc4cccc([N+](=O)[O-])c4)C3=O)cc2C(C)CC1(C)C. The minimum atomic E-state index is -0.499. The monoisotopic (exact) mass is 495 g/mol. The summed E-state index contributed by atoms with van der Waals surface area (Å²) in [6, 6.07) is 10.0. The summed E-state index contributed by atoms with van der Waals surface area (Å²) in [7, 11) is 1.60. The van der Waals surface area contributed by atoms with Crippen molar-refractivity contribution in [1.82, 2.24) is 4.90 Å². The third kappa shape index (κ3) is 4.65. The molecule has 0 N–H and O–H groups in total. The summed E-state index contributed by atoms with van der Waals surface area (Å²) in [4.78, 5) is 40.1. The van der Waals surface area contributed by atoms with Gasteiger partial charge in [-0.15, -0.1) is 0 Å². The van der Waals surface area contributed by atoms with Crippen LogP contribution in [0.4, 0.5) is 16.2 Å². The molecule has 0 spiro atoms. The van der Waals surface area contributed by atoms with Gasteiger partial charge in [0.25, 0.3) is 16.8 Å². The first-order chi connectivity index (χ1) is 16.6. The van der Waals surface area contributed by atoms with E-state index >= 15 is 0 Å². The van der Waals surface area contributed by atoms with Gasteiger partial charge in [-0.2, -0.15) is 0 Å². The minimum Gasteiger partial charge on any atom is -0.496 e. The molecule has 1 fully saturated rings. The molecular weight excluding hydrogens is 466 g/mol. The van der Waals surface area contributed by atoms with Gasteiger partial charge in [0.05, 0.1) is 23.5 Å². The second-order valence-corrected chi connectivity index (χ2v) is 10.5. The third-order valence-electron chi connectivity index (χ3n) is 6.68. The molecule has 2 aliphatic heterocycles. The van der Waals surface area contributed by atoms with Crippen LogP contribution in [0.25, 0.3) is 6.08 Å². The number of non-ortho nitro benzene ring substituents is 1. The average Bonchev–Trinajstić information content (AvgIpc) is 3.06. The molecule has 0 aromatic heterocycles. The molecule has 0 bridgehead atoms. The van der Waals surface area contributed by atoms with Crippen molar-refractivity contribution in [3.63, 3.8) is 0 Å². The molecule has 1 unspecified atom stereocenters. The van der Waals surface area contributed by atoms with Crippen LogP contribution >= 0.6 is 11.8 Å². The predicted octanol–water partition coefficient (Wildman–Crippen LogP) is 5.95. The molecule has 2 heterocycles. The maximum absolute atomic E-state index is 13.1. The lowest BCUT2D eigenvalue weighted by Gasteiger charge is -2.47. The van der Waals surface area contributed by atoms with E-state index in [-0.39, 0.29) is 17.8 Å². The fourth-order valence-corrected chi connectivity index (χ4v) is 5.97. The van der Waals surface area contributed by atoms with Gasteiger partial charge >= 0.3 is 0 Å². The minimum absolute atomic E-state index is 0.0167. The van der Waals surface area contributed by atoms with Crippen LogP contribution in [0.3, 0.4) is 0 Å². The highest BCUT2D eigenvalue weighted by Gasteiger charge is 2.38. The fourth-order valence-electron chi connectivity index (χ4n) is 5.14. The first kappa shape index (κ1) is 24.8. The lowest BCUT2D eigenvalue weighted by Crippen LogP contribution is -2.48. The normalized spacial score (nSPS) is 20.4. The number of fused-ring (bicyclic) bond motifs is 1. The van der Waals surface area contributed by atoms with Gasteiger partial charge < -0.3 is 9.64 Å². The lowest BCUT2D eigenvalue weighted by atomic mass is 9.79. The number of nitro groups is 1. The van der Waals surface area contributed by atoms with Crippen molar-refractivity contribution in [3.8, 4) is 5.75 Å². The molecule has 9 heteroatoms. The number of benzene rings is 2. The van der Waals surface area contributed by atoms with Crippen molar-refractivity contribution < 1.29 is 19.2 Å². The average molecular weight is 496 g/mol. The van der Waals surface area contributed by atoms with Gasteiger partial charge in [-0.3, -0.25) is 24.6 Å². The van der Waals surface area contributed by atoms with E-state index in [2.05, 4.69) is 38.7 Å². The number of anilines is 1. The van der Waals surface area contributed by atoms with Crippen LogP contribution in [0, 0.1) is 10.1 Å². The maximum Gasteiger partial charge on any atom is 0.293 e. The Morgan fingerprint density at radius 1 is 1.26 bits per heavy atom. The maximum atomic E-state index is 13.1. The highest BCUT2D eigenvalue weighted by Crippen LogP contribution is 2.46. The fraction of sp³-hybridized carbons (Fsp3) is 0.385. The van der Waals surface area contributed by atoms with E-state index in [9.17, 15) is 19.7 Å². The third-order valence-corrected chi connectivity index (χ3v) is 7.58. The highest BCUT2D eigenvalue weighted by molar-refractivity contribution is 8.18. The zero-order chi connectivity index (χ0) is 25.5. The quantitative estimate of drug-likeness (QED) is 0.278.